The summed E-state index contributed by atoms with van der Waals surface area (Å²) in [5.74, 6) is 1.11. The first-order chi connectivity index (χ1) is 11.6. The highest BCUT2D eigenvalue weighted by Crippen LogP contribution is 2.29. The lowest BCUT2D eigenvalue weighted by Crippen LogP contribution is -2.15. The van der Waals surface area contributed by atoms with E-state index in [9.17, 15) is 4.79 Å². The van der Waals surface area contributed by atoms with Crippen molar-refractivity contribution in [2.75, 3.05) is 19.5 Å². The van der Waals surface area contributed by atoms with Gasteiger partial charge in [0.1, 0.15) is 11.5 Å². The average molecular weight is 325 g/mol. The molecule has 124 valence electrons. The molecule has 2 aromatic carbocycles. The lowest BCUT2D eigenvalue weighted by Gasteiger charge is -2.11. The quantitative estimate of drug-likeness (QED) is 0.783. The number of imidazole rings is 1. The molecule has 6 nitrogen and oxygen atoms in total. The van der Waals surface area contributed by atoms with Gasteiger partial charge in [-0.1, -0.05) is 6.07 Å². The fraction of sp³-hybridized carbons (Fsp3) is 0.222. The van der Waals surface area contributed by atoms with Crippen LogP contribution < -0.4 is 14.8 Å². The van der Waals surface area contributed by atoms with Crippen LogP contribution in [0.2, 0.25) is 0 Å². The molecule has 1 heterocycles. The maximum absolute atomic E-state index is 12.4. The number of fused-ring (bicyclic) bond motifs is 1. The van der Waals surface area contributed by atoms with Gasteiger partial charge in [-0.05, 0) is 29.8 Å². The molecule has 1 amide bonds. The normalized spacial score (nSPS) is 10.6. The third-order valence-corrected chi connectivity index (χ3v) is 3.84. The molecule has 24 heavy (non-hydrogen) atoms. The lowest BCUT2D eigenvalue weighted by atomic mass is 10.1. The minimum absolute atomic E-state index is 0.128. The summed E-state index contributed by atoms with van der Waals surface area (Å²) in [4.78, 5) is 16.7. The van der Waals surface area contributed by atoms with E-state index in [1.54, 1.807) is 38.7 Å². The number of carbonyl (C=O) groups excluding carboxylic acids is 1. The van der Waals surface area contributed by atoms with E-state index >= 15 is 0 Å². The Bertz CT molecular complexity index is 886. The number of hydrogen-bond acceptors (Lipinski definition) is 4. The van der Waals surface area contributed by atoms with Crippen LogP contribution in [0.5, 0.6) is 11.5 Å². The number of aromatic nitrogens is 2. The van der Waals surface area contributed by atoms with Gasteiger partial charge < -0.3 is 19.4 Å². The number of carbonyl (C=O) groups is 1. The molecule has 0 aliphatic heterocycles. The van der Waals surface area contributed by atoms with E-state index < -0.39 is 0 Å². The highest BCUT2D eigenvalue weighted by molar-refractivity contribution is 5.94. The van der Waals surface area contributed by atoms with Crippen molar-refractivity contribution < 1.29 is 14.3 Å². The van der Waals surface area contributed by atoms with Crippen molar-refractivity contribution in [3.8, 4) is 11.5 Å². The fourth-order valence-corrected chi connectivity index (χ4v) is 2.58. The van der Waals surface area contributed by atoms with Crippen molar-refractivity contribution in [2.24, 2.45) is 7.05 Å². The van der Waals surface area contributed by atoms with E-state index in [0.717, 1.165) is 16.6 Å². The Kier molecular flexibility index (Phi) is 4.37. The summed E-state index contributed by atoms with van der Waals surface area (Å²) >= 11 is 0. The topological polar surface area (TPSA) is 65.4 Å². The van der Waals surface area contributed by atoms with Crippen LogP contribution in [0.4, 0.5) is 5.69 Å². The summed E-state index contributed by atoms with van der Waals surface area (Å²) in [5.41, 5.74) is 3.40. The Morgan fingerprint density at radius 1 is 1.17 bits per heavy atom. The van der Waals surface area contributed by atoms with Crippen molar-refractivity contribution in [1.29, 1.82) is 0 Å². The van der Waals surface area contributed by atoms with Gasteiger partial charge in [0, 0.05) is 13.1 Å². The van der Waals surface area contributed by atoms with Crippen LogP contribution in [0.25, 0.3) is 11.0 Å². The molecule has 0 spiro atoms. The summed E-state index contributed by atoms with van der Waals surface area (Å²) in [6, 6.07) is 11.1. The van der Waals surface area contributed by atoms with Crippen LogP contribution >= 0.6 is 0 Å². The zero-order valence-corrected chi connectivity index (χ0v) is 13.9. The Balaban J connectivity index is 1.77. The number of rotatable bonds is 5. The molecule has 3 rings (SSSR count). The van der Waals surface area contributed by atoms with Gasteiger partial charge in [-0.25, -0.2) is 4.98 Å². The minimum atomic E-state index is -0.128. The molecule has 1 N–H and O–H groups in total. The second-order valence-electron chi connectivity index (χ2n) is 5.47. The zero-order valence-electron chi connectivity index (χ0n) is 13.9. The maximum Gasteiger partial charge on any atom is 0.228 e. The van der Waals surface area contributed by atoms with E-state index in [2.05, 4.69) is 10.3 Å². The van der Waals surface area contributed by atoms with Crippen molar-refractivity contribution in [1.82, 2.24) is 9.55 Å². The second-order valence-corrected chi connectivity index (χ2v) is 5.47. The number of benzene rings is 2. The largest absolute Gasteiger partial charge is 0.497 e. The van der Waals surface area contributed by atoms with Gasteiger partial charge in [-0.2, -0.15) is 0 Å². The standard InChI is InChI=1S/C18H19N3O3/c1-21-11-19-14-8-12(4-6-16(14)21)9-18(22)20-15-10-13(23-2)5-7-17(15)24-3/h4-8,10-11H,9H2,1-3H3,(H,20,22). The van der Waals surface area contributed by atoms with Gasteiger partial charge >= 0.3 is 0 Å². The van der Waals surface area contributed by atoms with E-state index in [1.165, 1.54) is 0 Å². The number of hydrogen-bond donors (Lipinski definition) is 1. The SMILES string of the molecule is COc1ccc(OC)c(NC(=O)Cc2ccc3c(c2)ncn3C)c1. The highest BCUT2D eigenvalue weighted by Gasteiger charge is 2.11. The van der Waals surface area contributed by atoms with Crippen molar-refractivity contribution in [2.45, 2.75) is 6.42 Å². The third-order valence-electron chi connectivity index (χ3n) is 3.84. The summed E-state index contributed by atoms with van der Waals surface area (Å²) in [7, 11) is 5.08. The van der Waals surface area contributed by atoms with E-state index in [1.807, 2.05) is 29.8 Å². The van der Waals surface area contributed by atoms with Crippen molar-refractivity contribution >= 4 is 22.6 Å². The van der Waals surface area contributed by atoms with Crippen LogP contribution in [0.3, 0.4) is 0 Å². The first-order valence-corrected chi connectivity index (χ1v) is 7.52. The van der Waals surface area contributed by atoms with Crippen LogP contribution in [-0.4, -0.2) is 29.7 Å². The predicted octanol–water partition coefficient (Wildman–Crippen LogP) is 2.77. The summed E-state index contributed by atoms with van der Waals surface area (Å²) in [6.45, 7) is 0. The molecule has 6 heteroatoms. The van der Waals surface area contributed by atoms with Crippen LogP contribution in [0, 0.1) is 0 Å². The van der Waals surface area contributed by atoms with E-state index in [-0.39, 0.29) is 12.3 Å². The molecule has 0 atom stereocenters. The number of aryl methyl sites for hydroxylation is 1. The monoisotopic (exact) mass is 325 g/mol. The molecule has 0 bridgehead atoms. The molecule has 1 aromatic heterocycles. The molecule has 0 aliphatic rings. The summed E-state index contributed by atoms with van der Waals surface area (Å²) in [5, 5.41) is 2.87. The van der Waals surface area contributed by atoms with Gasteiger partial charge in [0.15, 0.2) is 0 Å². The number of amides is 1. The predicted molar refractivity (Wildman–Crippen MR) is 92.6 cm³/mol. The molecule has 0 saturated carbocycles. The molecule has 0 aliphatic carbocycles. The molecule has 0 radical (unpaired) electrons. The number of ether oxygens (including phenoxy) is 2. The number of nitrogens with zero attached hydrogens (tertiary/aromatic N) is 2. The van der Waals surface area contributed by atoms with Gasteiger partial charge in [-0.3, -0.25) is 4.79 Å². The average Bonchev–Trinajstić information content (AvgIpc) is 2.95. The van der Waals surface area contributed by atoms with Crippen molar-refractivity contribution in [3.63, 3.8) is 0 Å². The Morgan fingerprint density at radius 2 is 2.00 bits per heavy atom. The highest BCUT2D eigenvalue weighted by atomic mass is 16.5. The number of methoxy groups -OCH3 is 2. The maximum atomic E-state index is 12.4. The van der Waals surface area contributed by atoms with Crippen LogP contribution in [0.1, 0.15) is 5.56 Å². The smallest absolute Gasteiger partial charge is 0.228 e. The van der Waals surface area contributed by atoms with Crippen molar-refractivity contribution in [3.05, 3.63) is 48.3 Å². The van der Waals surface area contributed by atoms with Crippen LogP contribution in [-0.2, 0) is 18.3 Å². The Morgan fingerprint density at radius 3 is 2.75 bits per heavy atom. The third kappa shape index (κ3) is 3.17. The number of anilines is 1. The first-order valence-electron chi connectivity index (χ1n) is 7.52. The van der Waals surface area contributed by atoms with Gasteiger partial charge in [0.05, 0.1) is 43.7 Å². The van der Waals surface area contributed by atoms with Gasteiger partial charge in [0.25, 0.3) is 0 Å². The lowest BCUT2D eigenvalue weighted by molar-refractivity contribution is -0.115. The summed E-state index contributed by atoms with van der Waals surface area (Å²) in [6.07, 6.45) is 2.02. The molecule has 0 saturated heterocycles. The second kappa shape index (κ2) is 6.62. The molecular formula is C18H19N3O3. The Labute approximate surface area is 140 Å². The molecule has 3 aromatic rings. The molecule has 0 fully saturated rings. The van der Waals surface area contributed by atoms with E-state index in [4.69, 9.17) is 9.47 Å². The van der Waals surface area contributed by atoms with Crippen LogP contribution in [0.15, 0.2) is 42.7 Å². The van der Waals surface area contributed by atoms with E-state index in [0.29, 0.717) is 17.2 Å². The molecular weight excluding hydrogens is 306 g/mol. The number of nitrogens with one attached hydrogen (secondary N) is 1. The fourth-order valence-electron chi connectivity index (χ4n) is 2.58. The Hall–Kier alpha value is -3.02. The minimum Gasteiger partial charge on any atom is -0.497 e. The first kappa shape index (κ1) is 15.9. The van der Waals surface area contributed by atoms with Gasteiger partial charge in [-0.15, -0.1) is 0 Å². The zero-order chi connectivity index (χ0) is 17.1. The summed E-state index contributed by atoms with van der Waals surface area (Å²) < 4.78 is 12.4. The molecule has 0 unspecified atom stereocenters. The van der Waals surface area contributed by atoms with Gasteiger partial charge in [0.2, 0.25) is 5.91 Å².